The molecular weight excluding hydrogens is 234 g/mol. The zero-order valence-electron chi connectivity index (χ0n) is 9.36. The monoisotopic (exact) mass is 245 g/mol. The van der Waals surface area contributed by atoms with E-state index in [9.17, 15) is 0 Å². The molecule has 0 amide bonds. The molecule has 0 aliphatic heterocycles. The highest BCUT2D eigenvalue weighted by atomic mass is 35.5. The van der Waals surface area contributed by atoms with Crippen LogP contribution in [-0.4, -0.2) is 15.4 Å². The summed E-state index contributed by atoms with van der Waals surface area (Å²) in [5.74, 6) is 1.63. The van der Waals surface area contributed by atoms with Crippen LogP contribution in [0.1, 0.15) is 30.3 Å². The van der Waals surface area contributed by atoms with Gasteiger partial charge in [0, 0.05) is 18.3 Å². The van der Waals surface area contributed by atoms with Crippen LogP contribution >= 0.6 is 11.6 Å². The molecule has 1 fully saturated rings. The number of aromatic nitrogens is 2. The molecule has 1 aliphatic carbocycles. The third-order valence-electron chi connectivity index (χ3n) is 3.12. The first-order valence-corrected chi connectivity index (χ1v) is 6.34. The number of alkyl halides is 1. The summed E-state index contributed by atoms with van der Waals surface area (Å²) >= 11 is 5.81. The average molecular weight is 246 g/mol. The van der Waals surface area contributed by atoms with Gasteiger partial charge in [0.15, 0.2) is 0 Å². The molecule has 1 aliphatic rings. The molecule has 1 aromatic carbocycles. The van der Waals surface area contributed by atoms with Gasteiger partial charge in [-0.25, -0.2) is 4.98 Å². The zero-order valence-corrected chi connectivity index (χ0v) is 10.1. The Morgan fingerprint density at radius 2 is 2.29 bits per heavy atom. The second-order valence-corrected chi connectivity index (χ2v) is 4.76. The topological polar surface area (TPSA) is 41.6 Å². The molecule has 0 bridgehead atoms. The Hall–Kier alpha value is -1.53. The lowest BCUT2D eigenvalue weighted by Crippen LogP contribution is -2.02. The predicted molar refractivity (Wildman–Crippen MR) is 67.1 cm³/mol. The van der Waals surface area contributed by atoms with E-state index in [1.54, 1.807) is 0 Å². The first-order chi connectivity index (χ1) is 8.33. The van der Waals surface area contributed by atoms with Gasteiger partial charge in [-0.05, 0) is 31.0 Å². The van der Waals surface area contributed by atoms with E-state index in [0.29, 0.717) is 17.5 Å². The molecule has 86 valence electrons. The molecule has 0 atom stereocenters. The summed E-state index contributed by atoms with van der Waals surface area (Å²) in [6, 6.07) is 8.41. The van der Waals surface area contributed by atoms with E-state index in [2.05, 4.69) is 15.6 Å². The molecule has 0 unspecified atom stereocenters. The summed E-state index contributed by atoms with van der Waals surface area (Å²) in [7, 11) is 0. The minimum Gasteiger partial charge on any atom is -0.325 e. The first kappa shape index (κ1) is 10.6. The number of nitrogens with zero attached hydrogens (tertiary/aromatic N) is 3. The van der Waals surface area contributed by atoms with Crippen molar-refractivity contribution in [1.29, 1.82) is 5.26 Å². The summed E-state index contributed by atoms with van der Waals surface area (Å²) in [4.78, 5) is 4.61. The SMILES string of the molecule is N#Cc1ccc2nc(CCCl)n(C3CC3)c2c1. The fraction of sp³-hybridized carbons (Fsp3) is 0.385. The van der Waals surface area contributed by atoms with E-state index in [0.717, 1.165) is 23.3 Å². The van der Waals surface area contributed by atoms with Crippen molar-refractivity contribution >= 4 is 22.6 Å². The highest BCUT2D eigenvalue weighted by molar-refractivity contribution is 6.17. The fourth-order valence-electron chi connectivity index (χ4n) is 2.21. The fourth-order valence-corrected chi connectivity index (χ4v) is 2.38. The number of halogens is 1. The summed E-state index contributed by atoms with van der Waals surface area (Å²) in [6.07, 6.45) is 3.20. The average Bonchev–Trinajstić information content (AvgIpc) is 3.11. The van der Waals surface area contributed by atoms with Gasteiger partial charge in [0.05, 0.1) is 22.7 Å². The van der Waals surface area contributed by atoms with Gasteiger partial charge in [0.1, 0.15) is 5.82 Å². The molecule has 1 heterocycles. The third-order valence-corrected chi connectivity index (χ3v) is 3.31. The Balaban J connectivity index is 2.21. The minimum atomic E-state index is 0.562. The maximum absolute atomic E-state index is 8.95. The smallest absolute Gasteiger partial charge is 0.111 e. The summed E-state index contributed by atoms with van der Waals surface area (Å²) in [6.45, 7) is 0. The minimum absolute atomic E-state index is 0.562. The van der Waals surface area contributed by atoms with Crippen LogP contribution in [0.5, 0.6) is 0 Å². The number of benzene rings is 1. The van der Waals surface area contributed by atoms with Crippen LogP contribution in [0.15, 0.2) is 18.2 Å². The molecule has 1 aromatic heterocycles. The number of imidazole rings is 1. The lowest BCUT2D eigenvalue weighted by Gasteiger charge is -2.05. The quantitative estimate of drug-likeness (QED) is 0.780. The molecule has 0 spiro atoms. The molecule has 0 saturated heterocycles. The Morgan fingerprint density at radius 1 is 1.47 bits per heavy atom. The Bertz CT molecular complexity index is 605. The van der Waals surface area contributed by atoms with Gasteiger partial charge in [-0.15, -0.1) is 11.6 Å². The van der Waals surface area contributed by atoms with Gasteiger partial charge in [0.2, 0.25) is 0 Å². The second kappa shape index (κ2) is 4.05. The number of hydrogen-bond donors (Lipinski definition) is 0. The summed E-state index contributed by atoms with van der Waals surface area (Å²) in [5.41, 5.74) is 2.74. The normalized spacial score (nSPS) is 15.1. The number of rotatable bonds is 3. The number of hydrogen-bond acceptors (Lipinski definition) is 2. The van der Waals surface area contributed by atoms with Crippen LogP contribution in [0.2, 0.25) is 0 Å². The van der Waals surface area contributed by atoms with Crippen LogP contribution in [-0.2, 0) is 6.42 Å². The van der Waals surface area contributed by atoms with Crippen molar-refractivity contribution in [3.05, 3.63) is 29.6 Å². The second-order valence-electron chi connectivity index (χ2n) is 4.38. The lowest BCUT2D eigenvalue weighted by atomic mass is 10.2. The van der Waals surface area contributed by atoms with Crippen LogP contribution < -0.4 is 0 Å². The van der Waals surface area contributed by atoms with Gasteiger partial charge in [0.25, 0.3) is 0 Å². The maximum Gasteiger partial charge on any atom is 0.111 e. The number of nitriles is 1. The molecule has 3 rings (SSSR count). The molecule has 3 nitrogen and oxygen atoms in total. The molecular formula is C13H12ClN3. The van der Waals surface area contributed by atoms with E-state index < -0.39 is 0 Å². The Labute approximate surface area is 105 Å². The standard InChI is InChI=1S/C13H12ClN3/c14-6-5-13-16-11-4-1-9(8-15)7-12(11)17(13)10-2-3-10/h1,4,7,10H,2-3,5-6H2. The van der Waals surface area contributed by atoms with Gasteiger partial charge in [-0.1, -0.05) is 0 Å². The van der Waals surface area contributed by atoms with Gasteiger partial charge in [-0.2, -0.15) is 5.26 Å². The van der Waals surface area contributed by atoms with Gasteiger partial charge < -0.3 is 4.57 Å². The largest absolute Gasteiger partial charge is 0.325 e. The van der Waals surface area contributed by atoms with Gasteiger partial charge >= 0.3 is 0 Å². The molecule has 2 aromatic rings. The lowest BCUT2D eigenvalue weighted by molar-refractivity contribution is 0.709. The summed E-state index contributed by atoms with van der Waals surface area (Å²) < 4.78 is 2.26. The summed E-state index contributed by atoms with van der Waals surface area (Å²) in [5, 5.41) is 8.95. The van der Waals surface area contributed by atoms with Crippen molar-refractivity contribution in [3.8, 4) is 6.07 Å². The van der Waals surface area contributed by atoms with Gasteiger partial charge in [-0.3, -0.25) is 0 Å². The van der Waals surface area contributed by atoms with E-state index in [-0.39, 0.29) is 0 Å². The predicted octanol–water partition coefficient (Wildman–Crippen LogP) is 3.02. The third kappa shape index (κ3) is 1.79. The van der Waals surface area contributed by atoms with E-state index in [1.807, 2.05) is 18.2 Å². The number of fused-ring (bicyclic) bond motifs is 1. The Kier molecular flexibility index (Phi) is 2.53. The van der Waals surface area contributed by atoms with Crippen LogP contribution in [0.25, 0.3) is 11.0 Å². The van der Waals surface area contributed by atoms with Crippen molar-refractivity contribution in [2.45, 2.75) is 25.3 Å². The highest BCUT2D eigenvalue weighted by Gasteiger charge is 2.27. The molecule has 17 heavy (non-hydrogen) atoms. The van der Waals surface area contributed by atoms with E-state index >= 15 is 0 Å². The first-order valence-electron chi connectivity index (χ1n) is 5.80. The van der Waals surface area contributed by atoms with E-state index in [1.165, 1.54) is 12.8 Å². The number of aryl methyl sites for hydroxylation is 1. The molecule has 0 N–H and O–H groups in total. The highest BCUT2D eigenvalue weighted by Crippen LogP contribution is 2.38. The van der Waals surface area contributed by atoms with Crippen LogP contribution in [0, 0.1) is 11.3 Å². The van der Waals surface area contributed by atoms with Crippen molar-refractivity contribution < 1.29 is 0 Å². The maximum atomic E-state index is 8.95. The molecule has 4 heteroatoms. The van der Waals surface area contributed by atoms with Crippen molar-refractivity contribution in [2.75, 3.05) is 5.88 Å². The molecule has 1 saturated carbocycles. The van der Waals surface area contributed by atoms with Crippen molar-refractivity contribution in [2.24, 2.45) is 0 Å². The van der Waals surface area contributed by atoms with Crippen LogP contribution in [0.3, 0.4) is 0 Å². The zero-order chi connectivity index (χ0) is 11.8. The van der Waals surface area contributed by atoms with E-state index in [4.69, 9.17) is 16.9 Å². The van der Waals surface area contributed by atoms with Crippen molar-refractivity contribution in [1.82, 2.24) is 9.55 Å². The van der Waals surface area contributed by atoms with Crippen molar-refractivity contribution in [3.63, 3.8) is 0 Å². The Morgan fingerprint density at radius 3 is 2.94 bits per heavy atom. The van der Waals surface area contributed by atoms with Crippen LogP contribution in [0.4, 0.5) is 0 Å². The molecule has 0 radical (unpaired) electrons.